The van der Waals surface area contributed by atoms with Gasteiger partial charge in [0.2, 0.25) is 5.56 Å². The number of likely N-dealkylation sites (tertiary alicyclic amines) is 1. The van der Waals surface area contributed by atoms with Gasteiger partial charge in [0.1, 0.15) is 5.60 Å². The van der Waals surface area contributed by atoms with E-state index >= 15 is 0 Å². The lowest BCUT2D eigenvalue weighted by atomic mass is 9.93. The van der Waals surface area contributed by atoms with E-state index in [4.69, 9.17) is 4.74 Å². The van der Waals surface area contributed by atoms with Gasteiger partial charge in [0.05, 0.1) is 0 Å². The summed E-state index contributed by atoms with van der Waals surface area (Å²) in [5.74, 6) is 0.308. The lowest BCUT2D eigenvalue weighted by Crippen LogP contribution is -2.41. The molecular weight excluding hydrogens is 256 g/mol. The van der Waals surface area contributed by atoms with Crippen molar-refractivity contribution in [3.63, 3.8) is 0 Å². The summed E-state index contributed by atoms with van der Waals surface area (Å²) in [6.45, 7) is 6.93. The number of nitrogens with one attached hydrogen (secondary N) is 1. The molecule has 0 aromatic carbocycles. The number of hydrogen-bond donors (Lipinski definition) is 1. The highest BCUT2D eigenvalue weighted by atomic mass is 16.6. The van der Waals surface area contributed by atoms with Crippen molar-refractivity contribution in [1.82, 2.24) is 9.88 Å². The minimum atomic E-state index is -0.460. The molecule has 0 saturated carbocycles. The summed E-state index contributed by atoms with van der Waals surface area (Å²) in [4.78, 5) is 27.9. The van der Waals surface area contributed by atoms with Crippen LogP contribution in [0.25, 0.3) is 0 Å². The van der Waals surface area contributed by atoms with Crippen LogP contribution >= 0.6 is 0 Å². The molecule has 1 aliphatic rings. The maximum atomic E-state index is 12.0. The van der Waals surface area contributed by atoms with Gasteiger partial charge >= 0.3 is 6.09 Å². The summed E-state index contributed by atoms with van der Waals surface area (Å²) < 4.78 is 5.37. The number of piperidine rings is 1. The Morgan fingerprint density at radius 1 is 1.30 bits per heavy atom. The molecule has 1 amide bonds. The van der Waals surface area contributed by atoms with E-state index in [1.165, 1.54) is 6.07 Å². The Bertz CT molecular complexity index is 522. The molecule has 1 aromatic rings. The second-order valence-electron chi connectivity index (χ2n) is 6.21. The van der Waals surface area contributed by atoms with E-state index in [9.17, 15) is 9.59 Å². The maximum absolute atomic E-state index is 12.0. The number of hydrogen-bond acceptors (Lipinski definition) is 3. The smallest absolute Gasteiger partial charge is 0.410 e. The van der Waals surface area contributed by atoms with Gasteiger partial charge in [-0.05, 0) is 39.7 Å². The molecule has 0 unspecified atom stereocenters. The Kier molecular flexibility index (Phi) is 4.16. The van der Waals surface area contributed by atoms with Gasteiger partial charge in [0.15, 0.2) is 0 Å². The normalized spacial score (nSPS) is 17.1. The fourth-order valence-electron chi connectivity index (χ4n) is 2.40. The Balaban J connectivity index is 1.92. The third-order valence-electron chi connectivity index (χ3n) is 3.38. The molecule has 5 heteroatoms. The first-order chi connectivity index (χ1) is 9.35. The second-order valence-corrected chi connectivity index (χ2v) is 6.21. The number of H-pyrrole nitrogens is 1. The highest BCUT2D eigenvalue weighted by molar-refractivity contribution is 5.68. The summed E-state index contributed by atoms with van der Waals surface area (Å²) in [5, 5.41) is 0. The largest absolute Gasteiger partial charge is 0.444 e. The van der Waals surface area contributed by atoms with E-state index in [1.807, 2.05) is 26.8 Å². The molecule has 0 bridgehead atoms. The molecule has 1 aliphatic heterocycles. The van der Waals surface area contributed by atoms with Crippen molar-refractivity contribution in [2.75, 3.05) is 13.1 Å². The number of aromatic nitrogens is 1. The predicted octanol–water partition coefficient (Wildman–Crippen LogP) is 2.49. The third kappa shape index (κ3) is 3.85. The number of amides is 1. The molecule has 2 rings (SSSR count). The average molecular weight is 278 g/mol. The molecular formula is C15H22N2O3. The second kappa shape index (κ2) is 5.69. The third-order valence-corrected chi connectivity index (χ3v) is 3.38. The van der Waals surface area contributed by atoms with Crippen LogP contribution in [-0.2, 0) is 4.74 Å². The van der Waals surface area contributed by atoms with E-state index in [-0.39, 0.29) is 11.7 Å². The van der Waals surface area contributed by atoms with Crippen LogP contribution in [0.5, 0.6) is 0 Å². The standard InChI is InChI=1S/C15H22N2O3/c1-15(2,3)20-14(19)17-9-7-11(8-10-17)12-5-4-6-13(18)16-12/h4-6,11H,7-10H2,1-3H3,(H,16,18). The minimum absolute atomic E-state index is 0.0722. The summed E-state index contributed by atoms with van der Waals surface area (Å²) in [6.07, 6.45) is 1.44. The zero-order valence-corrected chi connectivity index (χ0v) is 12.3. The van der Waals surface area contributed by atoms with E-state index in [1.54, 1.807) is 11.0 Å². The van der Waals surface area contributed by atoms with Gasteiger partial charge in [-0.15, -0.1) is 0 Å². The quantitative estimate of drug-likeness (QED) is 0.858. The van der Waals surface area contributed by atoms with Crippen LogP contribution in [0.1, 0.15) is 45.2 Å². The number of rotatable bonds is 1. The van der Waals surface area contributed by atoms with Crippen molar-refractivity contribution in [2.24, 2.45) is 0 Å². The van der Waals surface area contributed by atoms with Crippen LogP contribution in [0.2, 0.25) is 0 Å². The predicted molar refractivity (Wildman–Crippen MR) is 76.8 cm³/mol. The van der Waals surface area contributed by atoms with Crippen molar-refractivity contribution < 1.29 is 9.53 Å². The maximum Gasteiger partial charge on any atom is 0.410 e. The number of ether oxygens (including phenoxy) is 1. The van der Waals surface area contributed by atoms with Gasteiger partial charge in [0.25, 0.3) is 0 Å². The molecule has 20 heavy (non-hydrogen) atoms. The van der Waals surface area contributed by atoms with Crippen LogP contribution in [0, 0.1) is 0 Å². The van der Waals surface area contributed by atoms with E-state index in [2.05, 4.69) is 4.98 Å². The fourth-order valence-corrected chi connectivity index (χ4v) is 2.40. The zero-order chi connectivity index (χ0) is 14.8. The highest BCUT2D eigenvalue weighted by Gasteiger charge is 2.27. The van der Waals surface area contributed by atoms with Crippen LogP contribution in [0.4, 0.5) is 4.79 Å². The van der Waals surface area contributed by atoms with E-state index in [0.717, 1.165) is 18.5 Å². The summed E-state index contributed by atoms with van der Waals surface area (Å²) in [7, 11) is 0. The van der Waals surface area contributed by atoms with Crippen LogP contribution in [0.15, 0.2) is 23.0 Å². The Hall–Kier alpha value is -1.78. The van der Waals surface area contributed by atoms with Gasteiger partial charge in [-0.25, -0.2) is 4.79 Å². The van der Waals surface area contributed by atoms with Crippen LogP contribution in [0.3, 0.4) is 0 Å². The van der Waals surface area contributed by atoms with E-state index in [0.29, 0.717) is 19.0 Å². The average Bonchev–Trinajstić information content (AvgIpc) is 2.37. The first-order valence-corrected chi connectivity index (χ1v) is 7.02. The lowest BCUT2D eigenvalue weighted by molar-refractivity contribution is 0.0204. The molecule has 0 spiro atoms. The number of nitrogens with zero attached hydrogens (tertiary/aromatic N) is 1. The number of carbonyl (C=O) groups is 1. The zero-order valence-electron chi connectivity index (χ0n) is 12.3. The number of pyridine rings is 1. The van der Waals surface area contributed by atoms with Gasteiger partial charge in [-0.2, -0.15) is 0 Å². The fraction of sp³-hybridized carbons (Fsp3) is 0.600. The molecule has 0 atom stereocenters. The summed E-state index contributed by atoms with van der Waals surface area (Å²) >= 11 is 0. The van der Waals surface area contributed by atoms with Crippen molar-refractivity contribution in [3.05, 3.63) is 34.2 Å². The molecule has 2 heterocycles. The Morgan fingerprint density at radius 2 is 1.95 bits per heavy atom. The molecule has 1 N–H and O–H groups in total. The topological polar surface area (TPSA) is 62.4 Å². The summed E-state index contributed by atoms with van der Waals surface area (Å²) in [6, 6.07) is 5.23. The first-order valence-electron chi connectivity index (χ1n) is 7.02. The van der Waals surface area contributed by atoms with Gasteiger partial charge in [0, 0.05) is 30.8 Å². The van der Waals surface area contributed by atoms with Gasteiger partial charge < -0.3 is 14.6 Å². The Morgan fingerprint density at radius 3 is 2.50 bits per heavy atom. The number of aromatic amines is 1. The van der Waals surface area contributed by atoms with Crippen molar-refractivity contribution in [3.8, 4) is 0 Å². The lowest BCUT2D eigenvalue weighted by Gasteiger charge is -2.33. The molecule has 1 aromatic heterocycles. The molecule has 1 saturated heterocycles. The first kappa shape index (κ1) is 14.6. The van der Waals surface area contributed by atoms with Gasteiger partial charge in [-0.1, -0.05) is 6.07 Å². The summed E-state index contributed by atoms with van der Waals surface area (Å²) in [5.41, 5.74) is 0.428. The molecule has 1 fully saturated rings. The minimum Gasteiger partial charge on any atom is -0.444 e. The van der Waals surface area contributed by atoms with Gasteiger partial charge in [-0.3, -0.25) is 4.79 Å². The SMILES string of the molecule is CC(C)(C)OC(=O)N1CCC(c2cccc(=O)[nH]2)CC1. The Labute approximate surface area is 118 Å². The molecule has 0 aliphatic carbocycles. The number of carbonyl (C=O) groups excluding carboxylic acids is 1. The van der Waals surface area contributed by atoms with E-state index < -0.39 is 5.60 Å². The highest BCUT2D eigenvalue weighted by Crippen LogP contribution is 2.26. The monoisotopic (exact) mass is 278 g/mol. The van der Waals surface area contributed by atoms with Crippen LogP contribution < -0.4 is 5.56 Å². The van der Waals surface area contributed by atoms with Crippen molar-refractivity contribution >= 4 is 6.09 Å². The molecule has 0 radical (unpaired) electrons. The molecule has 110 valence electrons. The van der Waals surface area contributed by atoms with Crippen molar-refractivity contribution in [2.45, 2.75) is 45.1 Å². The van der Waals surface area contributed by atoms with Crippen LogP contribution in [-0.4, -0.2) is 34.7 Å². The molecule has 5 nitrogen and oxygen atoms in total. The van der Waals surface area contributed by atoms with Crippen molar-refractivity contribution in [1.29, 1.82) is 0 Å².